The predicted molar refractivity (Wildman–Crippen MR) is 94.0 cm³/mol. The first-order chi connectivity index (χ1) is 11.6. The fourth-order valence-electron chi connectivity index (χ4n) is 2.44. The first-order valence-electron chi connectivity index (χ1n) is 7.21. The summed E-state index contributed by atoms with van der Waals surface area (Å²) in [5.41, 5.74) is 2.23. The second kappa shape index (κ2) is 6.88. The number of benzene rings is 2. The largest absolute Gasteiger partial charge is 0.465 e. The third-order valence-corrected chi connectivity index (χ3v) is 4.07. The van der Waals surface area contributed by atoms with Gasteiger partial charge in [0.1, 0.15) is 5.58 Å². The van der Waals surface area contributed by atoms with Crippen LogP contribution in [0.3, 0.4) is 0 Å². The van der Waals surface area contributed by atoms with E-state index in [0.29, 0.717) is 11.3 Å². The smallest absolute Gasteiger partial charge is 0.339 e. The number of anilines is 1. The number of carbonyl (C=O) groups excluding carboxylic acids is 2. The normalized spacial score (nSPS) is 10.6. The lowest BCUT2D eigenvalue weighted by atomic mass is 10.1. The van der Waals surface area contributed by atoms with E-state index < -0.39 is 5.97 Å². The maximum Gasteiger partial charge on any atom is 0.339 e. The number of carbonyl (C=O) groups is 2. The van der Waals surface area contributed by atoms with Crippen LogP contribution in [0.1, 0.15) is 15.9 Å². The Kier molecular flexibility index (Phi) is 4.66. The third kappa shape index (κ3) is 3.33. The molecule has 0 aliphatic rings. The minimum Gasteiger partial charge on any atom is -0.465 e. The van der Waals surface area contributed by atoms with E-state index in [4.69, 9.17) is 9.15 Å². The molecular formula is C18H14BrNO4. The van der Waals surface area contributed by atoms with Crippen molar-refractivity contribution in [1.29, 1.82) is 0 Å². The Morgan fingerprint density at radius 2 is 2.00 bits per heavy atom. The molecule has 5 nitrogen and oxygen atoms in total. The lowest BCUT2D eigenvalue weighted by Gasteiger charge is -2.09. The average Bonchev–Trinajstić information content (AvgIpc) is 2.96. The molecule has 0 radical (unpaired) electrons. The van der Waals surface area contributed by atoms with Gasteiger partial charge in [-0.15, -0.1) is 0 Å². The van der Waals surface area contributed by atoms with Gasteiger partial charge in [0, 0.05) is 15.4 Å². The van der Waals surface area contributed by atoms with E-state index in [1.54, 1.807) is 30.5 Å². The van der Waals surface area contributed by atoms with Gasteiger partial charge in [-0.25, -0.2) is 4.79 Å². The maximum absolute atomic E-state index is 12.4. The zero-order valence-corrected chi connectivity index (χ0v) is 14.4. The number of methoxy groups -OCH3 is 1. The minimum atomic E-state index is -0.497. The quantitative estimate of drug-likeness (QED) is 0.682. The van der Waals surface area contributed by atoms with Crippen LogP contribution in [0.15, 0.2) is 57.6 Å². The Bertz CT molecular complexity index is 916. The first kappa shape index (κ1) is 16.3. The number of halogens is 1. The molecule has 3 rings (SSSR count). The number of para-hydroxylation sites is 1. The number of hydrogen-bond donors (Lipinski definition) is 1. The highest BCUT2D eigenvalue weighted by atomic mass is 79.9. The van der Waals surface area contributed by atoms with E-state index in [-0.39, 0.29) is 12.3 Å². The number of furan rings is 1. The Hall–Kier alpha value is -2.60. The predicted octanol–water partition coefficient (Wildman–Crippen LogP) is 4.16. The van der Waals surface area contributed by atoms with E-state index in [9.17, 15) is 9.59 Å². The Morgan fingerprint density at radius 1 is 1.21 bits per heavy atom. The van der Waals surface area contributed by atoms with Crippen LogP contribution in [0.4, 0.5) is 5.69 Å². The van der Waals surface area contributed by atoms with Gasteiger partial charge in [-0.1, -0.05) is 28.1 Å². The van der Waals surface area contributed by atoms with Crippen LogP contribution < -0.4 is 5.32 Å². The van der Waals surface area contributed by atoms with Gasteiger partial charge in [-0.3, -0.25) is 4.79 Å². The van der Waals surface area contributed by atoms with Crippen molar-refractivity contribution in [3.63, 3.8) is 0 Å². The molecule has 0 saturated heterocycles. The highest BCUT2D eigenvalue weighted by Crippen LogP contribution is 2.25. The minimum absolute atomic E-state index is 0.138. The first-order valence-corrected chi connectivity index (χ1v) is 8.00. The number of hydrogen-bond acceptors (Lipinski definition) is 4. The monoisotopic (exact) mass is 387 g/mol. The summed E-state index contributed by atoms with van der Waals surface area (Å²) < 4.78 is 11.1. The number of esters is 1. The number of amides is 1. The highest BCUT2D eigenvalue weighted by molar-refractivity contribution is 9.10. The van der Waals surface area contributed by atoms with Crippen molar-refractivity contribution in [3.8, 4) is 0 Å². The topological polar surface area (TPSA) is 68.5 Å². The van der Waals surface area contributed by atoms with Crippen molar-refractivity contribution in [2.45, 2.75) is 6.42 Å². The summed E-state index contributed by atoms with van der Waals surface area (Å²) in [5, 5.41) is 3.63. The van der Waals surface area contributed by atoms with E-state index in [1.807, 2.05) is 18.2 Å². The van der Waals surface area contributed by atoms with Crippen molar-refractivity contribution in [3.05, 3.63) is 64.3 Å². The molecule has 0 unspecified atom stereocenters. The standard InChI is InChI=1S/C18H14BrNO4/c1-23-18(22)13-4-2-3-5-15(13)20-17(21)8-11-10-24-16-7-6-12(19)9-14(11)16/h2-7,9-10H,8H2,1H3,(H,20,21). The summed E-state index contributed by atoms with van der Waals surface area (Å²) in [6.07, 6.45) is 1.71. The number of fused-ring (bicyclic) bond motifs is 1. The van der Waals surface area contributed by atoms with Crippen LogP contribution in [-0.4, -0.2) is 19.0 Å². The summed E-state index contributed by atoms with van der Waals surface area (Å²) in [6, 6.07) is 12.3. The van der Waals surface area contributed by atoms with Crippen LogP contribution in [-0.2, 0) is 16.0 Å². The van der Waals surface area contributed by atoms with E-state index in [2.05, 4.69) is 21.2 Å². The molecule has 1 N–H and O–H groups in total. The summed E-state index contributed by atoms with van der Waals surface area (Å²) in [7, 11) is 1.30. The van der Waals surface area contributed by atoms with E-state index in [1.165, 1.54) is 7.11 Å². The molecule has 0 aliphatic heterocycles. The zero-order chi connectivity index (χ0) is 17.1. The molecule has 1 heterocycles. The Labute approximate surface area is 146 Å². The lowest BCUT2D eigenvalue weighted by molar-refractivity contribution is -0.115. The fourth-order valence-corrected chi connectivity index (χ4v) is 2.80. The highest BCUT2D eigenvalue weighted by Gasteiger charge is 2.15. The molecule has 1 amide bonds. The van der Waals surface area contributed by atoms with Crippen molar-refractivity contribution >= 4 is 44.5 Å². The molecule has 0 aliphatic carbocycles. The zero-order valence-electron chi connectivity index (χ0n) is 12.8. The van der Waals surface area contributed by atoms with Gasteiger partial charge >= 0.3 is 5.97 Å². The van der Waals surface area contributed by atoms with Gasteiger partial charge < -0.3 is 14.5 Å². The maximum atomic E-state index is 12.4. The summed E-state index contributed by atoms with van der Waals surface area (Å²) in [4.78, 5) is 24.1. The molecule has 2 aromatic carbocycles. The second-order valence-electron chi connectivity index (χ2n) is 5.16. The molecular weight excluding hydrogens is 374 g/mol. The van der Waals surface area contributed by atoms with Crippen LogP contribution in [0.2, 0.25) is 0 Å². The molecule has 0 fully saturated rings. The number of nitrogens with one attached hydrogen (secondary N) is 1. The molecule has 0 atom stereocenters. The number of ether oxygens (including phenoxy) is 1. The molecule has 0 saturated carbocycles. The molecule has 0 bridgehead atoms. The number of rotatable bonds is 4. The van der Waals surface area contributed by atoms with Crippen molar-refractivity contribution in [1.82, 2.24) is 0 Å². The average molecular weight is 388 g/mol. The van der Waals surface area contributed by atoms with Gasteiger partial charge in [0.05, 0.1) is 31.0 Å². The lowest BCUT2D eigenvalue weighted by Crippen LogP contribution is -2.17. The van der Waals surface area contributed by atoms with E-state index in [0.717, 1.165) is 21.0 Å². The molecule has 24 heavy (non-hydrogen) atoms. The van der Waals surface area contributed by atoms with Gasteiger partial charge in [0.25, 0.3) is 0 Å². The van der Waals surface area contributed by atoms with Gasteiger partial charge in [0.15, 0.2) is 0 Å². The fraction of sp³-hybridized carbons (Fsp3) is 0.111. The van der Waals surface area contributed by atoms with Crippen LogP contribution in [0.5, 0.6) is 0 Å². The molecule has 122 valence electrons. The summed E-state index contributed by atoms with van der Waals surface area (Å²) >= 11 is 3.41. The second-order valence-corrected chi connectivity index (χ2v) is 6.08. The van der Waals surface area contributed by atoms with E-state index >= 15 is 0 Å². The SMILES string of the molecule is COC(=O)c1ccccc1NC(=O)Cc1coc2ccc(Br)cc12. The van der Waals surface area contributed by atoms with Crippen LogP contribution in [0, 0.1) is 0 Å². The molecule has 3 aromatic rings. The van der Waals surface area contributed by atoms with Crippen molar-refractivity contribution in [2.75, 3.05) is 12.4 Å². The summed E-state index contributed by atoms with van der Waals surface area (Å²) in [5.74, 6) is -0.738. The van der Waals surface area contributed by atoms with Crippen molar-refractivity contribution in [2.24, 2.45) is 0 Å². The van der Waals surface area contributed by atoms with Crippen LogP contribution >= 0.6 is 15.9 Å². The molecule has 0 spiro atoms. The molecule has 1 aromatic heterocycles. The van der Waals surface area contributed by atoms with Crippen LogP contribution in [0.25, 0.3) is 11.0 Å². The molecule has 6 heteroatoms. The Morgan fingerprint density at radius 3 is 2.79 bits per heavy atom. The Balaban J connectivity index is 1.81. The van der Waals surface area contributed by atoms with Gasteiger partial charge in [-0.05, 0) is 30.3 Å². The summed E-state index contributed by atoms with van der Waals surface area (Å²) in [6.45, 7) is 0. The van der Waals surface area contributed by atoms with Gasteiger partial charge in [-0.2, -0.15) is 0 Å². The van der Waals surface area contributed by atoms with Crippen molar-refractivity contribution < 1.29 is 18.7 Å². The third-order valence-electron chi connectivity index (χ3n) is 3.57. The van der Waals surface area contributed by atoms with Gasteiger partial charge in [0.2, 0.25) is 5.91 Å².